The van der Waals surface area contributed by atoms with Crippen molar-refractivity contribution in [2.24, 2.45) is 0 Å². The van der Waals surface area contributed by atoms with Crippen LogP contribution >= 0.6 is 0 Å². The van der Waals surface area contributed by atoms with Crippen LogP contribution in [0.2, 0.25) is 0 Å². The second-order valence-corrected chi connectivity index (χ2v) is 4.79. The van der Waals surface area contributed by atoms with Gasteiger partial charge in [-0.2, -0.15) is 5.26 Å². The average molecular weight is 341 g/mol. The van der Waals surface area contributed by atoms with E-state index in [1.807, 2.05) is 44.2 Å². The Labute approximate surface area is 149 Å². The fourth-order valence-corrected chi connectivity index (χ4v) is 1.44. The van der Waals surface area contributed by atoms with Crippen molar-refractivity contribution in [3.63, 3.8) is 0 Å². The SMILES string of the molecule is C/C=C\C(F)=C/C.COc1ccc(C)nc1.Cc1cccc(C#N)n1. The Balaban J connectivity index is 0.000000350. The van der Waals surface area contributed by atoms with Crippen molar-refractivity contribution in [1.82, 2.24) is 9.97 Å². The third-order valence-corrected chi connectivity index (χ3v) is 2.72. The Bertz CT molecular complexity index is 716. The zero-order chi connectivity index (χ0) is 19.1. The van der Waals surface area contributed by atoms with Crippen molar-refractivity contribution in [1.29, 1.82) is 5.26 Å². The lowest BCUT2D eigenvalue weighted by Crippen LogP contribution is -1.84. The summed E-state index contributed by atoms with van der Waals surface area (Å²) >= 11 is 0. The molecule has 0 saturated carbocycles. The van der Waals surface area contributed by atoms with Crippen molar-refractivity contribution < 1.29 is 9.13 Å². The Morgan fingerprint density at radius 1 is 1.16 bits per heavy atom. The number of halogens is 1. The molecule has 0 aliphatic heterocycles. The molecular weight excluding hydrogens is 317 g/mol. The molecular formula is C20H24FN3O. The van der Waals surface area contributed by atoms with Crippen LogP contribution in [0.25, 0.3) is 0 Å². The first kappa shape index (κ1) is 22.0. The number of nitrogens with zero attached hydrogens (tertiary/aromatic N) is 3. The van der Waals surface area contributed by atoms with Gasteiger partial charge in [0.1, 0.15) is 23.3 Å². The summed E-state index contributed by atoms with van der Waals surface area (Å²) in [5.41, 5.74) is 2.37. The summed E-state index contributed by atoms with van der Waals surface area (Å²) in [5.74, 6) is 0.628. The number of aromatic nitrogens is 2. The van der Waals surface area contributed by atoms with Crippen molar-refractivity contribution >= 4 is 0 Å². The van der Waals surface area contributed by atoms with E-state index in [4.69, 9.17) is 10.00 Å². The van der Waals surface area contributed by atoms with Gasteiger partial charge < -0.3 is 4.74 Å². The van der Waals surface area contributed by atoms with E-state index in [1.165, 1.54) is 12.2 Å². The van der Waals surface area contributed by atoms with Crippen LogP contribution in [0.5, 0.6) is 5.75 Å². The predicted molar refractivity (Wildman–Crippen MR) is 98.9 cm³/mol. The fraction of sp³-hybridized carbons (Fsp3) is 0.250. The zero-order valence-corrected chi connectivity index (χ0v) is 15.3. The van der Waals surface area contributed by atoms with Crippen molar-refractivity contribution in [2.75, 3.05) is 7.11 Å². The number of nitriles is 1. The summed E-state index contributed by atoms with van der Waals surface area (Å²) in [4.78, 5) is 7.96. The van der Waals surface area contributed by atoms with E-state index in [0.717, 1.165) is 17.1 Å². The van der Waals surface area contributed by atoms with Crippen molar-refractivity contribution in [3.05, 3.63) is 77.7 Å². The van der Waals surface area contributed by atoms with E-state index in [9.17, 15) is 4.39 Å². The van der Waals surface area contributed by atoms with E-state index < -0.39 is 0 Å². The highest BCUT2D eigenvalue weighted by Gasteiger charge is 1.88. The van der Waals surface area contributed by atoms with Gasteiger partial charge >= 0.3 is 0 Å². The van der Waals surface area contributed by atoms with Gasteiger partial charge in [-0.3, -0.25) is 4.98 Å². The number of hydrogen-bond donors (Lipinski definition) is 0. The first-order valence-electron chi connectivity index (χ1n) is 7.71. The minimum atomic E-state index is -0.178. The van der Waals surface area contributed by atoms with Gasteiger partial charge in [-0.15, -0.1) is 0 Å². The highest BCUT2D eigenvalue weighted by Crippen LogP contribution is 2.06. The van der Waals surface area contributed by atoms with Gasteiger partial charge in [0.25, 0.3) is 0 Å². The lowest BCUT2D eigenvalue weighted by atomic mass is 10.3. The van der Waals surface area contributed by atoms with Gasteiger partial charge in [0, 0.05) is 11.4 Å². The molecule has 0 radical (unpaired) electrons. The Hall–Kier alpha value is -3.00. The monoisotopic (exact) mass is 341 g/mol. The summed E-state index contributed by atoms with van der Waals surface area (Å²) < 4.78 is 16.8. The van der Waals surface area contributed by atoms with Gasteiger partial charge in [-0.25, -0.2) is 9.37 Å². The fourth-order valence-electron chi connectivity index (χ4n) is 1.44. The van der Waals surface area contributed by atoms with Gasteiger partial charge in [-0.05, 0) is 58.0 Å². The van der Waals surface area contributed by atoms with E-state index in [-0.39, 0.29) is 5.83 Å². The number of rotatable bonds is 2. The number of ether oxygens (including phenoxy) is 1. The minimum absolute atomic E-state index is 0.178. The number of aryl methyl sites for hydroxylation is 2. The van der Waals surface area contributed by atoms with E-state index in [2.05, 4.69) is 9.97 Å². The lowest BCUT2D eigenvalue weighted by Gasteiger charge is -1.96. The van der Waals surface area contributed by atoms with Crippen LogP contribution in [0.15, 0.2) is 60.6 Å². The van der Waals surface area contributed by atoms with Gasteiger partial charge in [-0.1, -0.05) is 18.2 Å². The van der Waals surface area contributed by atoms with Crippen LogP contribution in [0, 0.1) is 25.2 Å². The Morgan fingerprint density at radius 3 is 2.24 bits per heavy atom. The summed E-state index contributed by atoms with van der Waals surface area (Å²) in [6, 6.07) is 11.1. The molecule has 0 aliphatic rings. The Kier molecular flexibility index (Phi) is 11.8. The summed E-state index contributed by atoms with van der Waals surface area (Å²) in [7, 11) is 1.63. The molecule has 0 aliphatic carbocycles. The predicted octanol–water partition coefficient (Wildman–Crippen LogP) is 5.10. The molecule has 0 atom stereocenters. The highest BCUT2D eigenvalue weighted by atomic mass is 19.1. The molecule has 0 unspecified atom stereocenters. The van der Waals surface area contributed by atoms with Crippen LogP contribution in [0.4, 0.5) is 4.39 Å². The minimum Gasteiger partial charge on any atom is -0.495 e. The number of pyridine rings is 2. The molecule has 0 saturated heterocycles. The third-order valence-electron chi connectivity index (χ3n) is 2.72. The zero-order valence-electron chi connectivity index (χ0n) is 15.3. The summed E-state index contributed by atoms with van der Waals surface area (Å²) in [5, 5.41) is 8.35. The first-order chi connectivity index (χ1) is 12.0. The molecule has 4 nitrogen and oxygen atoms in total. The maximum atomic E-state index is 11.9. The van der Waals surface area contributed by atoms with Crippen LogP contribution in [0.3, 0.4) is 0 Å². The standard InChI is InChI=1S/C7H6N2.C7H9NO.C6H9F/c1-6-3-2-4-7(5-8)9-6;1-6-3-4-7(9-2)5-8-6;1-3-5-6(7)4-2/h2-4H,1H3;3-5H,1-2H3;3-5H,1-2H3/b;;5-3-,6-4+. The molecule has 0 N–H and O–H groups in total. The molecule has 25 heavy (non-hydrogen) atoms. The molecule has 0 amide bonds. The van der Waals surface area contributed by atoms with Crippen LogP contribution in [-0.4, -0.2) is 17.1 Å². The van der Waals surface area contributed by atoms with E-state index in [1.54, 1.807) is 39.3 Å². The van der Waals surface area contributed by atoms with Gasteiger partial charge in [0.2, 0.25) is 0 Å². The second kappa shape index (κ2) is 13.4. The number of methoxy groups -OCH3 is 1. The molecule has 2 aromatic heterocycles. The number of hydrogen-bond acceptors (Lipinski definition) is 4. The maximum absolute atomic E-state index is 11.9. The molecule has 0 fully saturated rings. The molecule has 0 spiro atoms. The molecule has 132 valence electrons. The lowest BCUT2D eigenvalue weighted by molar-refractivity contribution is 0.412. The van der Waals surface area contributed by atoms with Crippen LogP contribution in [0.1, 0.15) is 30.9 Å². The van der Waals surface area contributed by atoms with E-state index >= 15 is 0 Å². The first-order valence-corrected chi connectivity index (χ1v) is 7.71. The van der Waals surface area contributed by atoms with Crippen LogP contribution < -0.4 is 4.74 Å². The molecule has 5 heteroatoms. The smallest absolute Gasteiger partial charge is 0.140 e. The van der Waals surface area contributed by atoms with Crippen molar-refractivity contribution in [2.45, 2.75) is 27.7 Å². The number of allylic oxidation sites excluding steroid dienone is 4. The highest BCUT2D eigenvalue weighted by molar-refractivity contribution is 5.21. The largest absolute Gasteiger partial charge is 0.495 e. The summed E-state index contributed by atoms with van der Waals surface area (Å²) in [6.07, 6.45) is 6.20. The van der Waals surface area contributed by atoms with Crippen molar-refractivity contribution in [3.8, 4) is 11.8 Å². The average Bonchev–Trinajstić information content (AvgIpc) is 2.63. The quantitative estimate of drug-likeness (QED) is 0.713. The molecule has 0 aromatic carbocycles. The van der Waals surface area contributed by atoms with Gasteiger partial charge in [0.15, 0.2) is 0 Å². The maximum Gasteiger partial charge on any atom is 0.140 e. The third kappa shape index (κ3) is 11.2. The second-order valence-electron chi connectivity index (χ2n) is 4.79. The normalized spacial score (nSPS) is 10.0. The topological polar surface area (TPSA) is 58.8 Å². The summed E-state index contributed by atoms with van der Waals surface area (Å²) in [6.45, 7) is 7.25. The molecule has 2 rings (SSSR count). The van der Waals surface area contributed by atoms with Crippen LogP contribution in [-0.2, 0) is 0 Å². The molecule has 2 heterocycles. The van der Waals surface area contributed by atoms with E-state index in [0.29, 0.717) is 5.69 Å². The van der Waals surface area contributed by atoms with Gasteiger partial charge in [0.05, 0.1) is 13.3 Å². The molecule has 2 aromatic rings. The Morgan fingerprint density at radius 2 is 1.88 bits per heavy atom. The molecule has 0 bridgehead atoms.